The molecule has 1 amide bonds. The molecular formula is C15H21N5O3S. The minimum atomic E-state index is -3.80. The number of rotatable bonds is 7. The number of hydrogen-bond acceptors (Lipinski definition) is 5. The Bertz CT molecular complexity index is 770. The first-order chi connectivity index (χ1) is 11.3. The highest BCUT2D eigenvalue weighted by Gasteiger charge is 2.27. The highest BCUT2D eigenvalue weighted by Crippen LogP contribution is 2.14. The average Bonchev–Trinajstić information content (AvgIpc) is 2.99. The molecule has 8 nitrogen and oxygen atoms in total. The van der Waals surface area contributed by atoms with Crippen molar-refractivity contribution in [1.82, 2.24) is 19.9 Å². The van der Waals surface area contributed by atoms with Crippen molar-refractivity contribution < 1.29 is 13.2 Å². The number of aryl methyl sites for hydroxylation is 1. The molecule has 0 unspecified atom stereocenters. The lowest BCUT2D eigenvalue weighted by atomic mass is 10.0. The number of carbonyl (C=O) groups excluding carboxylic acids is 1. The molecule has 0 saturated carbocycles. The summed E-state index contributed by atoms with van der Waals surface area (Å²) in [5, 5.41) is 8.66. The van der Waals surface area contributed by atoms with E-state index in [1.54, 1.807) is 12.1 Å². The molecule has 0 aliphatic carbocycles. The minimum Gasteiger partial charge on any atom is -0.294 e. The van der Waals surface area contributed by atoms with Gasteiger partial charge in [-0.3, -0.25) is 10.1 Å². The molecule has 0 aliphatic heterocycles. The molecule has 2 rings (SSSR count). The molecule has 1 aromatic heterocycles. The number of nitrogens with zero attached hydrogens (tertiary/aromatic N) is 2. The molecule has 24 heavy (non-hydrogen) atoms. The third-order valence-corrected chi connectivity index (χ3v) is 4.80. The van der Waals surface area contributed by atoms with Crippen LogP contribution in [0.2, 0.25) is 0 Å². The van der Waals surface area contributed by atoms with E-state index in [-0.39, 0.29) is 16.8 Å². The molecule has 2 aromatic rings. The number of carbonyl (C=O) groups is 1. The van der Waals surface area contributed by atoms with Gasteiger partial charge in [0.25, 0.3) is 0 Å². The molecular weight excluding hydrogens is 330 g/mol. The molecule has 0 saturated heterocycles. The van der Waals surface area contributed by atoms with Gasteiger partial charge in [0.15, 0.2) is 0 Å². The third kappa shape index (κ3) is 4.87. The van der Waals surface area contributed by atoms with Gasteiger partial charge in [0.1, 0.15) is 12.4 Å². The van der Waals surface area contributed by atoms with Gasteiger partial charge in [-0.2, -0.15) is 14.8 Å². The smallest absolute Gasteiger partial charge is 0.244 e. The summed E-state index contributed by atoms with van der Waals surface area (Å²) in [5.74, 6) is -0.198. The maximum absolute atomic E-state index is 12.5. The van der Waals surface area contributed by atoms with Gasteiger partial charge < -0.3 is 0 Å². The molecule has 0 radical (unpaired) electrons. The van der Waals surface area contributed by atoms with Crippen LogP contribution in [-0.4, -0.2) is 35.5 Å². The summed E-state index contributed by atoms with van der Waals surface area (Å²) in [6.45, 7) is 5.69. The normalized spacial score (nSPS) is 13.0. The summed E-state index contributed by atoms with van der Waals surface area (Å²) in [4.78, 5) is 16.3. The highest BCUT2D eigenvalue weighted by atomic mass is 32.2. The molecule has 0 bridgehead atoms. The van der Waals surface area contributed by atoms with Gasteiger partial charge in [-0.15, -0.1) is 0 Å². The lowest BCUT2D eigenvalue weighted by molar-refractivity contribution is -0.118. The Balaban J connectivity index is 2.18. The van der Waals surface area contributed by atoms with Crippen LogP contribution in [0.5, 0.6) is 0 Å². The largest absolute Gasteiger partial charge is 0.294 e. The molecule has 0 fully saturated rings. The second-order valence-electron chi connectivity index (χ2n) is 5.94. The van der Waals surface area contributed by atoms with Crippen LogP contribution in [0.3, 0.4) is 0 Å². The Kier molecular flexibility index (Phi) is 5.68. The zero-order valence-electron chi connectivity index (χ0n) is 13.8. The number of nitrogens with one attached hydrogen (secondary N) is 3. The third-order valence-electron chi connectivity index (χ3n) is 3.31. The van der Waals surface area contributed by atoms with Crippen LogP contribution in [0.15, 0.2) is 35.5 Å². The van der Waals surface area contributed by atoms with Crippen LogP contribution in [-0.2, 0) is 14.8 Å². The fourth-order valence-electron chi connectivity index (χ4n) is 2.12. The highest BCUT2D eigenvalue weighted by molar-refractivity contribution is 7.89. The molecule has 1 aromatic carbocycles. The summed E-state index contributed by atoms with van der Waals surface area (Å²) >= 11 is 0. The van der Waals surface area contributed by atoms with Crippen LogP contribution in [0.25, 0.3) is 0 Å². The van der Waals surface area contributed by atoms with Crippen molar-refractivity contribution in [3.05, 3.63) is 36.2 Å². The first-order valence-corrected chi connectivity index (χ1v) is 9.01. The predicted molar refractivity (Wildman–Crippen MR) is 89.8 cm³/mol. The number of benzene rings is 1. The van der Waals surface area contributed by atoms with E-state index in [1.165, 1.54) is 18.5 Å². The van der Waals surface area contributed by atoms with Gasteiger partial charge in [-0.05, 0) is 31.4 Å². The number of anilines is 1. The maximum Gasteiger partial charge on any atom is 0.244 e. The molecule has 1 heterocycles. The van der Waals surface area contributed by atoms with E-state index < -0.39 is 22.0 Å². The first-order valence-electron chi connectivity index (χ1n) is 7.53. The SMILES string of the molecule is Cc1ccc(S(=O)(=O)N[C@@H](CC(C)C)C(=O)Nc2ncn[nH]2)cc1. The van der Waals surface area contributed by atoms with Crippen LogP contribution in [0.1, 0.15) is 25.8 Å². The summed E-state index contributed by atoms with van der Waals surface area (Å²) in [7, 11) is -3.80. The number of hydrogen-bond donors (Lipinski definition) is 3. The fraction of sp³-hybridized carbons (Fsp3) is 0.400. The van der Waals surface area contributed by atoms with E-state index in [0.717, 1.165) is 5.56 Å². The number of amides is 1. The van der Waals surface area contributed by atoms with E-state index >= 15 is 0 Å². The Labute approximate surface area is 141 Å². The number of aromatic amines is 1. The Morgan fingerprint density at radius 3 is 2.46 bits per heavy atom. The van der Waals surface area contributed by atoms with Crippen molar-refractivity contribution in [2.45, 2.75) is 38.1 Å². The zero-order valence-corrected chi connectivity index (χ0v) is 14.6. The van der Waals surface area contributed by atoms with Gasteiger partial charge in [0, 0.05) is 0 Å². The van der Waals surface area contributed by atoms with Crippen molar-refractivity contribution >= 4 is 21.9 Å². The number of H-pyrrole nitrogens is 1. The van der Waals surface area contributed by atoms with Crippen molar-refractivity contribution in [3.8, 4) is 0 Å². The topological polar surface area (TPSA) is 117 Å². The summed E-state index contributed by atoms with van der Waals surface area (Å²) in [6.07, 6.45) is 1.61. The van der Waals surface area contributed by atoms with Crippen LogP contribution in [0, 0.1) is 12.8 Å². The quantitative estimate of drug-likeness (QED) is 0.698. The van der Waals surface area contributed by atoms with Gasteiger partial charge in [0.05, 0.1) is 4.90 Å². The average molecular weight is 351 g/mol. The molecule has 9 heteroatoms. The van der Waals surface area contributed by atoms with E-state index in [1.807, 2.05) is 20.8 Å². The van der Waals surface area contributed by atoms with Crippen LogP contribution in [0.4, 0.5) is 5.95 Å². The summed E-state index contributed by atoms with van der Waals surface area (Å²) in [5.41, 5.74) is 0.954. The second kappa shape index (κ2) is 7.54. The Hall–Kier alpha value is -2.26. The standard InChI is InChI=1S/C15H21N5O3S/c1-10(2)8-13(14(21)18-15-16-9-17-19-15)20-24(22,23)12-6-4-11(3)5-7-12/h4-7,9-10,13,20H,8H2,1-3H3,(H2,16,17,18,19,21)/t13-/m0/s1. The lowest BCUT2D eigenvalue weighted by Crippen LogP contribution is -2.44. The minimum absolute atomic E-state index is 0.120. The van der Waals surface area contributed by atoms with E-state index in [9.17, 15) is 13.2 Å². The molecule has 1 atom stereocenters. The van der Waals surface area contributed by atoms with Crippen LogP contribution < -0.4 is 10.0 Å². The molecule has 0 spiro atoms. The van der Waals surface area contributed by atoms with Crippen LogP contribution >= 0.6 is 0 Å². The van der Waals surface area contributed by atoms with E-state index in [2.05, 4.69) is 25.2 Å². The summed E-state index contributed by atoms with van der Waals surface area (Å²) in [6, 6.07) is 5.53. The second-order valence-corrected chi connectivity index (χ2v) is 7.65. The van der Waals surface area contributed by atoms with E-state index in [0.29, 0.717) is 6.42 Å². The molecule has 3 N–H and O–H groups in total. The van der Waals surface area contributed by atoms with Gasteiger partial charge in [-0.1, -0.05) is 31.5 Å². The van der Waals surface area contributed by atoms with E-state index in [4.69, 9.17) is 0 Å². The summed E-state index contributed by atoms with van der Waals surface area (Å²) < 4.78 is 27.5. The molecule has 0 aliphatic rings. The lowest BCUT2D eigenvalue weighted by Gasteiger charge is -2.19. The van der Waals surface area contributed by atoms with Crippen molar-refractivity contribution in [2.75, 3.05) is 5.32 Å². The number of aromatic nitrogens is 3. The van der Waals surface area contributed by atoms with Gasteiger partial charge in [0.2, 0.25) is 21.9 Å². The van der Waals surface area contributed by atoms with Gasteiger partial charge >= 0.3 is 0 Å². The number of sulfonamides is 1. The maximum atomic E-state index is 12.5. The first kappa shape index (κ1) is 18.1. The fourth-order valence-corrected chi connectivity index (χ4v) is 3.33. The van der Waals surface area contributed by atoms with Crippen molar-refractivity contribution in [2.24, 2.45) is 5.92 Å². The Morgan fingerprint density at radius 2 is 1.92 bits per heavy atom. The van der Waals surface area contributed by atoms with Crippen molar-refractivity contribution in [3.63, 3.8) is 0 Å². The monoisotopic (exact) mass is 351 g/mol. The Morgan fingerprint density at radius 1 is 1.25 bits per heavy atom. The van der Waals surface area contributed by atoms with Crippen molar-refractivity contribution in [1.29, 1.82) is 0 Å². The molecule has 130 valence electrons. The predicted octanol–water partition coefficient (Wildman–Crippen LogP) is 1.44. The zero-order chi connectivity index (χ0) is 17.7. The van der Waals surface area contributed by atoms with Gasteiger partial charge in [-0.25, -0.2) is 13.5 Å².